The second-order valence-electron chi connectivity index (χ2n) is 10.2. The number of anilines is 1. The molecule has 5 nitrogen and oxygen atoms in total. The SMILES string of the molecule is CC[C@H](C)[C@H](N)CN(C(=O)[C@@H]1C[C@H]1c1ccccc1)c1ccc(-c2ccc(CCC(=O)OC)cc2)cc1. The Labute approximate surface area is 220 Å². The van der Waals surface area contributed by atoms with Crippen LogP contribution in [0.5, 0.6) is 0 Å². The summed E-state index contributed by atoms with van der Waals surface area (Å²) in [5.41, 5.74) is 11.9. The van der Waals surface area contributed by atoms with E-state index >= 15 is 0 Å². The first-order chi connectivity index (χ1) is 17.9. The number of hydrogen-bond acceptors (Lipinski definition) is 4. The Morgan fingerprint density at radius 1 is 0.973 bits per heavy atom. The average molecular weight is 499 g/mol. The third-order valence-corrected chi connectivity index (χ3v) is 7.68. The molecule has 0 bridgehead atoms. The van der Waals surface area contributed by atoms with Gasteiger partial charge in [0.2, 0.25) is 5.91 Å². The van der Waals surface area contributed by atoms with Gasteiger partial charge in [-0.05, 0) is 59.1 Å². The molecule has 4 atom stereocenters. The molecule has 1 amide bonds. The van der Waals surface area contributed by atoms with Crippen molar-refractivity contribution in [3.05, 3.63) is 90.0 Å². The van der Waals surface area contributed by atoms with Crippen molar-refractivity contribution in [2.75, 3.05) is 18.6 Å². The van der Waals surface area contributed by atoms with Crippen molar-refractivity contribution in [3.63, 3.8) is 0 Å². The minimum Gasteiger partial charge on any atom is -0.469 e. The number of esters is 1. The lowest BCUT2D eigenvalue weighted by atomic mass is 9.98. The molecule has 0 aromatic heterocycles. The molecule has 1 aliphatic carbocycles. The van der Waals surface area contributed by atoms with Crippen LogP contribution in [0.3, 0.4) is 0 Å². The smallest absolute Gasteiger partial charge is 0.305 e. The fourth-order valence-corrected chi connectivity index (χ4v) is 4.80. The van der Waals surface area contributed by atoms with Gasteiger partial charge in [0, 0.05) is 30.6 Å². The highest BCUT2D eigenvalue weighted by Crippen LogP contribution is 2.49. The molecule has 0 saturated heterocycles. The Balaban J connectivity index is 1.50. The number of hydrogen-bond donors (Lipinski definition) is 1. The number of carbonyl (C=O) groups excluding carboxylic acids is 2. The molecule has 0 aliphatic heterocycles. The highest BCUT2D eigenvalue weighted by Gasteiger charge is 2.46. The van der Waals surface area contributed by atoms with Crippen LogP contribution in [-0.2, 0) is 20.7 Å². The van der Waals surface area contributed by atoms with Gasteiger partial charge in [0.25, 0.3) is 0 Å². The van der Waals surface area contributed by atoms with Gasteiger partial charge in [-0.25, -0.2) is 0 Å². The van der Waals surface area contributed by atoms with Crippen molar-refractivity contribution < 1.29 is 14.3 Å². The van der Waals surface area contributed by atoms with Gasteiger partial charge in [-0.3, -0.25) is 9.59 Å². The molecule has 2 N–H and O–H groups in total. The van der Waals surface area contributed by atoms with Crippen molar-refractivity contribution in [1.82, 2.24) is 0 Å². The zero-order valence-corrected chi connectivity index (χ0v) is 22.1. The maximum absolute atomic E-state index is 13.7. The van der Waals surface area contributed by atoms with Crippen LogP contribution in [0.4, 0.5) is 5.69 Å². The van der Waals surface area contributed by atoms with E-state index in [1.165, 1.54) is 12.7 Å². The van der Waals surface area contributed by atoms with Crippen LogP contribution in [0.15, 0.2) is 78.9 Å². The number of nitrogens with two attached hydrogens (primary N) is 1. The minimum absolute atomic E-state index is 0.00347. The zero-order chi connectivity index (χ0) is 26.4. The largest absolute Gasteiger partial charge is 0.469 e. The predicted molar refractivity (Wildman–Crippen MR) is 149 cm³/mol. The standard InChI is InChI=1S/C32H38N2O3/c1-4-22(2)30(33)21-34(32(36)29-20-28(29)26-8-6-5-7-9-26)27-17-15-25(16-18-27)24-13-10-23(11-14-24)12-19-31(35)37-3/h5-11,13-18,22,28-30H,4,12,19-21,33H2,1-3H3/t22-,28-,29+,30+/m0/s1. The number of amides is 1. The van der Waals surface area contributed by atoms with Crippen LogP contribution in [0.25, 0.3) is 11.1 Å². The Bertz CT molecular complexity index is 1170. The first-order valence-corrected chi connectivity index (χ1v) is 13.3. The maximum Gasteiger partial charge on any atom is 0.305 e. The molecule has 0 unspecified atom stereocenters. The van der Waals surface area contributed by atoms with E-state index in [-0.39, 0.29) is 29.8 Å². The van der Waals surface area contributed by atoms with Crippen LogP contribution in [0, 0.1) is 11.8 Å². The van der Waals surface area contributed by atoms with Gasteiger partial charge in [0.1, 0.15) is 0 Å². The number of methoxy groups -OCH3 is 1. The van der Waals surface area contributed by atoms with Gasteiger partial charge in [-0.15, -0.1) is 0 Å². The van der Waals surface area contributed by atoms with Crippen molar-refractivity contribution in [1.29, 1.82) is 0 Å². The number of carbonyl (C=O) groups is 2. The summed E-state index contributed by atoms with van der Waals surface area (Å²) < 4.78 is 4.73. The van der Waals surface area contributed by atoms with E-state index in [1.54, 1.807) is 0 Å². The summed E-state index contributed by atoms with van der Waals surface area (Å²) in [6.07, 6.45) is 2.90. The third kappa shape index (κ3) is 6.66. The molecule has 4 rings (SSSR count). The Morgan fingerprint density at radius 2 is 1.59 bits per heavy atom. The minimum atomic E-state index is -0.201. The van der Waals surface area contributed by atoms with Crippen molar-refractivity contribution in [3.8, 4) is 11.1 Å². The van der Waals surface area contributed by atoms with Crippen LogP contribution < -0.4 is 10.6 Å². The molecular formula is C32H38N2O3. The summed E-state index contributed by atoms with van der Waals surface area (Å²) >= 11 is 0. The first-order valence-electron chi connectivity index (χ1n) is 13.3. The second kappa shape index (κ2) is 12.2. The third-order valence-electron chi connectivity index (χ3n) is 7.68. The molecule has 5 heteroatoms. The van der Waals surface area contributed by atoms with Gasteiger partial charge in [0.05, 0.1) is 7.11 Å². The van der Waals surface area contributed by atoms with Crippen LogP contribution in [0.2, 0.25) is 0 Å². The first kappa shape index (κ1) is 26.6. The molecule has 37 heavy (non-hydrogen) atoms. The van der Waals surface area contributed by atoms with E-state index in [0.29, 0.717) is 25.3 Å². The lowest BCUT2D eigenvalue weighted by Crippen LogP contribution is -2.45. The lowest BCUT2D eigenvalue weighted by Gasteiger charge is -2.29. The highest BCUT2D eigenvalue weighted by molar-refractivity contribution is 5.97. The van der Waals surface area contributed by atoms with Crippen molar-refractivity contribution in [2.24, 2.45) is 17.6 Å². The molecule has 1 fully saturated rings. The molecule has 3 aromatic rings. The summed E-state index contributed by atoms with van der Waals surface area (Å²) in [5.74, 6) is 0.580. The van der Waals surface area contributed by atoms with Crippen LogP contribution in [-0.4, -0.2) is 31.6 Å². The monoisotopic (exact) mass is 498 g/mol. The molecule has 0 heterocycles. The van der Waals surface area contributed by atoms with Gasteiger partial charge in [-0.1, -0.05) is 87.0 Å². The molecular weight excluding hydrogens is 460 g/mol. The maximum atomic E-state index is 13.7. The predicted octanol–water partition coefficient (Wildman–Crippen LogP) is 5.97. The van der Waals surface area contributed by atoms with E-state index in [2.05, 4.69) is 50.2 Å². The van der Waals surface area contributed by atoms with Crippen LogP contribution in [0.1, 0.15) is 50.2 Å². The van der Waals surface area contributed by atoms with Gasteiger partial charge in [-0.2, -0.15) is 0 Å². The molecule has 0 radical (unpaired) electrons. The average Bonchev–Trinajstić information content (AvgIpc) is 3.76. The van der Waals surface area contributed by atoms with Crippen LogP contribution >= 0.6 is 0 Å². The fourth-order valence-electron chi connectivity index (χ4n) is 4.80. The highest BCUT2D eigenvalue weighted by atomic mass is 16.5. The molecule has 1 aliphatic rings. The van der Waals surface area contributed by atoms with Gasteiger partial charge < -0.3 is 15.4 Å². The Hall–Kier alpha value is -3.44. The van der Waals surface area contributed by atoms with Crippen molar-refractivity contribution >= 4 is 17.6 Å². The zero-order valence-electron chi connectivity index (χ0n) is 22.1. The molecule has 1 saturated carbocycles. The summed E-state index contributed by atoms with van der Waals surface area (Å²) in [6.45, 7) is 4.80. The Kier molecular flexibility index (Phi) is 8.78. The van der Waals surface area contributed by atoms with Gasteiger partial charge in [0.15, 0.2) is 0 Å². The summed E-state index contributed by atoms with van der Waals surface area (Å²) in [5, 5.41) is 0. The summed E-state index contributed by atoms with van der Waals surface area (Å²) in [4.78, 5) is 27.0. The van der Waals surface area contributed by atoms with Crippen molar-refractivity contribution in [2.45, 2.75) is 51.5 Å². The lowest BCUT2D eigenvalue weighted by molar-refractivity contribution is -0.140. The normalized spacial score (nSPS) is 18.1. The number of aryl methyl sites for hydroxylation is 1. The van der Waals surface area contributed by atoms with E-state index < -0.39 is 0 Å². The van der Waals surface area contributed by atoms with E-state index in [0.717, 1.165) is 35.2 Å². The van der Waals surface area contributed by atoms with E-state index in [4.69, 9.17) is 10.5 Å². The Morgan fingerprint density at radius 3 is 2.19 bits per heavy atom. The quantitative estimate of drug-likeness (QED) is 0.331. The number of ether oxygens (including phenoxy) is 1. The van der Waals surface area contributed by atoms with E-state index in [1.807, 2.05) is 47.4 Å². The molecule has 0 spiro atoms. The molecule has 194 valence electrons. The number of benzene rings is 3. The summed E-state index contributed by atoms with van der Waals surface area (Å²) in [6, 6.07) is 26.6. The second-order valence-corrected chi connectivity index (χ2v) is 10.2. The summed E-state index contributed by atoms with van der Waals surface area (Å²) in [7, 11) is 1.41. The fraction of sp³-hybridized carbons (Fsp3) is 0.375. The van der Waals surface area contributed by atoms with Gasteiger partial charge >= 0.3 is 5.97 Å². The van der Waals surface area contributed by atoms with E-state index in [9.17, 15) is 9.59 Å². The molecule has 3 aromatic carbocycles. The topological polar surface area (TPSA) is 72.6 Å². The number of rotatable bonds is 11. The number of nitrogens with zero attached hydrogens (tertiary/aromatic N) is 1.